The number of nitrogens with one attached hydrogen (secondary N) is 1. The van der Waals surface area contributed by atoms with Crippen molar-refractivity contribution in [1.82, 2.24) is 9.88 Å². The lowest BCUT2D eigenvalue weighted by Gasteiger charge is -2.18. The fraction of sp³-hybridized carbons (Fsp3) is 0.333. The van der Waals surface area contributed by atoms with E-state index in [-0.39, 0.29) is 11.4 Å². The predicted molar refractivity (Wildman–Crippen MR) is 111 cm³/mol. The third-order valence-corrected chi connectivity index (χ3v) is 4.95. The first-order valence-electron chi connectivity index (χ1n) is 8.82. The van der Waals surface area contributed by atoms with Gasteiger partial charge in [-0.3, -0.25) is 0 Å². The Balaban J connectivity index is 1.68. The van der Waals surface area contributed by atoms with Gasteiger partial charge in [0, 0.05) is 29.6 Å². The molecule has 0 radical (unpaired) electrons. The van der Waals surface area contributed by atoms with Crippen LogP contribution in [0.4, 0.5) is 10.5 Å². The molecule has 1 N–H and O–H groups in total. The number of thioether (sulfide) groups is 1. The Bertz CT molecular complexity index is 942. The van der Waals surface area contributed by atoms with Crippen LogP contribution in [-0.2, 0) is 12.0 Å². The molecule has 0 aliphatic heterocycles. The van der Waals surface area contributed by atoms with Crippen molar-refractivity contribution in [2.45, 2.75) is 37.6 Å². The summed E-state index contributed by atoms with van der Waals surface area (Å²) in [5.74, 6) is 0.687. The van der Waals surface area contributed by atoms with E-state index in [1.165, 1.54) is 4.90 Å². The first-order chi connectivity index (χ1) is 12.8. The number of carbonyl (C=O) groups is 1. The Hall–Kier alpha value is -2.47. The molecular weight excluding hydrogens is 358 g/mol. The number of benzene rings is 2. The zero-order valence-electron chi connectivity index (χ0n) is 16.4. The number of rotatable bonds is 4. The van der Waals surface area contributed by atoms with Crippen molar-refractivity contribution in [3.63, 3.8) is 0 Å². The molecular formula is C21H25N3O2S. The maximum atomic E-state index is 12.5. The molecule has 0 saturated heterocycles. The van der Waals surface area contributed by atoms with Gasteiger partial charge in [-0.2, -0.15) is 0 Å². The van der Waals surface area contributed by atoms with E-state index >= 15 is 0 Å². The molecule has 27 heavy (non-hydrogen) atoms. The molecule has 1 heterocycles. The van der Waals surface area contributed by atoms with Crippen LogP contribution in [0.25, 0.3) is 11.1 Å². The van der Waals surface area contributed by atoms with E-state index in [1.807, 2.05) is 36.6 Å². The monoisotopic (exact) mass is 383 g/mol. The molecule has 3 aromatic rings. The summed E-state index contributed by atoms with van der Waals surface area (Å²) in [6, 6.07) is 13.6. The lowest BCUT2D eigenvalue weighted by atomic mass is 9.97. The summed E-state index contributed by atoms with van der Waals surface area (Å²) < 4.78 is 5.80. The number of carbonyl (C=O) groups excluding carboxylic acids is 1. The van der Waals surface area contributed by atoms with Crippen molar-refractivity contribution in [1.29, 1.82) is 0 Å². The highest BCUT2D eigenvalue weighted by molar-refractivity contribution is 7.98. The van der Waals surface area contributed by atoms with Crippen LogP contribution < -0.4 is 5.32 Å². The average molecular weight is 384 g/mol. The van der Waals surface area contributed by atoms with Gasteiger partial charge in [0.2, 0.25) is 5.89 Å². The fourth-order valence-corrected chi connectivity index (χ4v) is 3.03. The molecule has 6 heteroatoms. The topological polar surface area (TPSA) is 58.4 Å². The summed E-state index contributed by atoms with van der Waals surface area (Å²) in [7, 11) is 1.78. The second-order valence-electron chi connectivity index (χ2n) is 7.59. The molecule has 0 fully saturated rings. The highest BCUT2D eigenvalue weighted by Gasteiger charge is 2.21. The number of urea groups is 1. The number of hydrogen-bond acceptors (Lipinski definition) is 4. The van der Waals surface area contributed by atoms with Crippen molar-refractivity contribution >= 4 is 34.6 Å². The minimum atomic E-state index is -0.164. The quantitative estimate of drug-likeness (QED) is 0.603. The SMILES string of the molecule is CSc1ccc(CN(C)C(=O)Nc2ccc3oc(C(C)(C)C)nc3c2)cc1. The lowest BCUT2D eigenvalue weighted by molar-refractivity contribution is 0.220. The van der Waals surface area contributed by atoms with Gasteiger partial charge < -0.3 is 14.6 Å². The van der Waals surface area contributed by atoms with E-state index in [4.69, 9.17) is 4.42 Å². The van der Waals surface area contributed by atoms with E-state index in [0.717, 1.165) is 16.7 Å². The molecule has 142 valence electrons. The Labute approximate surface area is 164 Å². The molecule has 0 atom stereocenters. The normalized spacial score (nSPS) is 11.6. The Morgan fingerprint density at radius 3 is 2.52 bits per heavy atom. The van der Waals surface area contributed by atoms with Gasteiger partial charge >= 0.3 is 6.03 Å². The molecule has 0 bridgehead atoms. The summed E-state index contributed by atoms with van der Waals surface area (Å²) >= 11 is 1.70. The second-order valence-corrected chi connectivity index (χ2v) is 8.47. The van der Waals surface area contributed by atoms with Crippen LogP contribution in [-0.4, -0.2) is 29.2 Å². The van der Waals surface area contributed by atoms with E-state index in [0.29, 0.717) is 18.1 Å². The van der Waals surface area contributed by atoms with Crippen LogP contribution in [0.15, 0.2) is 51.8 Å². The maximum absolute atomic E-state index is 12.5. The molecule has 2 aromatic carbocycles. The van der Waals surface area contributed by atoms with Crippen molar-refractivity contribution in [2.24, 2.45) is 0 Å². The van der Waals surface area contributed by atoms with Gasteiger partial charge in [-0.15, -0.1) is 11.8 Å². The smallest absolute Gasteiger partial charge is 0.321 e. The third-order valence-electron chi connectivity index (χ3n) is 4.21. The molecule has 2 amide bonds. The second kappa shape index (κ2) is 7.64. The van der Waals surface area contributed by atoms with Crippen LogP contribution in [0, 0.1) is 0 Å². The summed E-state index contributed by atoms with van der Waals surface area (Å²) in [5.41, 5.74) is 3.10. The van der Waals surface area contributed by atoms with E-state index in [1.54, 1.807) is 23.7 Å². The number of amides is 2. The average Bonchev–Trinajstić information content (AvgIpc) is 3.06. The standard InChI is InChI=1S/C21H25N3O2S/c1-21(2,3)19-23-17-12-15(8-11-18(17)26-19)22-20(25)24(4)13-14-6-9-16(27-5)10-7-14/h6-12H,13H2,1-5H3,(H,22,25). The number of fused-ring (bicyclic) bond motifs is 1. The molecule has 0 saturated carbocycles. The molecule has 0 unspecified atom stereocenters. The van der Waals surface area contributed by atoms with Crippen molar-refractivity contribution < 1.29 is 9.21 Å². The number of oxazole rings is 1. The lowest BCUT2D eigenvalue weighted by Crippen LogP contribution is -2.30. The number of nitrogens with zero attached hydrogens (tertiary/aromatic N) is 2. The number of anilines is 1. The minimum absolute atomic E-state index is 0.158. The van der Waals surface area contributed by atoms with E-state index < -0.39 is 0 Å². The molecule has 5 nitrogen and oxygen atoms in total. The van der Waals surface area contributed by atoms with E-state index in [2.05, 4.69) is 43.2 Å². The maximum Gasteiger partial charge on any atom is 0.321 e. The number of aromatic nitrogens is 1. The first-order valence-corrected chi connectivity index (χ1v) is 10.0. The van der Waals surface area contributed by atoms with Gasteiger partial charge in [0.1, 0.15) is 5.52 Å². The zero-order valence-corrected chi connectivity index (χ0v) is 17.2. The van der Waals surface area contributed by atoms with E-state index in [9.17, 15) is 4.79 Å². The van der Waals surface area contributed by atoms with Gasteiger partial charge in [0.05, 0.1) is 0 Å². The number of hydrogen-bond donors (Lipinski definition) is 1. The highest BCUT2D eigenvalue weighted by atomic mass is 32.2. The van der Waals surface area contributed by atoms with Gasteiger partial charge in [-0.25, -0.2) is 9.78 Å². The summed E-state index contributed by atoms with van der Waals surface area (Å²) in [4.78, 5) is 19.9. The van der Waals surface area contributed by atoms with Gasteiger partial charge in [0.25, 0.3) is 0 Å². The third kappa shape index (κ3) is 4.63. The van der Waals surface area contributed by atoms with Crippen LogP contribution in [0.5, 0.6) is 0 Å². The largest absolute Gasteiger partial charge is 0.440 e. The van der Waals surface area contributed by atoms with Gasteiger partial charge in [0.15, 0.2) is 5.58 Å². The van der Waals surface area contributed by atoms with Crippen molar-refractivity contribution in [2.75, 3.05) is 18.6 Å². The summed E-state index contributed by atoms with van der Waals surface area (Å²) in [6.45, 7) is 6.71. The van der Waals surface area contributed by atoms with Crippen LogP contribution in [0.2, 0.25) is 0 Å². The molecule has 3 rings (SSSR count). The fourth-order valence-electron chi connectivity index (χ4n) is 2.62. The van der Waals surface area contributed by atoms with Crippen LogP contribution in [0.3, 0.4) is 0 Å². The Kier molecular flexibility index (Phi) is 5.46. The minimum Gasteiger partial charge on any atom is -0.440 e. The summed E-state index contributed by atoms with van der Waals surface area (Å²) in [6.07, 6.45) is 2.05. The van der Waals surface area contributed by atoms with Crippen LogP contribution in [0.1, 0.15) is 32.2 Å². The molecule has 1 aromatic heterocycles. The van der Waals surface area contributed by atoms with Gasteiger partial charge in [-0.05, 0) is 42.2 Å². The molecule has 0 aliphatic carbocycles. The highest BCUT2D eigenvalue weighted by Crippen LogP contribution is 2.27. The van der Waals surface area contributed by atoms with Crippen molar-refractivity contribution in [3.05, 3.63) is 53.9 Å². The van der Waals surface area contributed by atoms with Crippen molar-refractivity contribution in [3.8, 4) is 0 Å². The first kappa shape index (κ1) is 19.3. The van der Waals surface area contributed by atoms with Gasteiger partial charge in [-0.1, -0.05) is 32.9 Å². The Morgan fingerprint density at radius 2 is 1.89 bits per heavy atom. The molecule has 0 aliphatic rings. The zero-order chi connectivity index (χ0) is 19.6. The predicted octanol–water partition coefficient (Wildman–Crippen LogP) is 5.51. The van der Waals surface area contributed by atoms with Crippen LogP contribution >= 0.6 is 11.8 Å². The summed E-state index contributed by atoms with van der Waals surface area (Å²) in [5, 5.41) is 2.93. The Morgan fingerprint density at radius 1 is 1.19 bits per heavy atom. The molecule has 0 spiro atoms.